The van der Waals surface area contributed by atoms with E-state index in [9.17, 15) is 0 Å². The van der Waals surface area contributed by atoms with Gasteiger partial charge in [0.1, 0.15) is 0 Å². The number of piperidine rings is 1. The van der Waals surface area contributed by atoms with Crippen molar-refractivity contribution in [1.29, 1.82) is 0 Å². The van der Waals surface area contributed by atoms with Crippen molar-refractivity contribution in [2.24, 2.45) is 23.7 Å². The van der Waals surface area contributed by atoms with Crippen LogP contribution in [0.1, 0.15) is 39.5 Å². The van der Waals surface area contributed by atoms with E-state index in [0.29, 0.717) is 0 Å². The van der Waals surface area contributed by atoms with Crippen molar-refractivity contribution in [2.75, 3.05) is 13.1 Å². The lowest BCUT2D eigenvalue weighted by Crippen LogP contribution is -2.40. The van der Waals surface area contributed by atoms with E-state index in [0.717, 1.165) is 23.7 Å². The smallest absolute Gasteiger partial charge is 0.00178 e. The van der Waals surface area contributed by atoms with Crippen molar-refractivity contribution in [3.8, 4) is 0 Å². The van der Waals surface area contributed by atoms with Gasteiger partial charge in [0.05, 0.1) is 0 Å². The lowest BCUT2D eigenvalue weighted by molar-refractivity contribution is 0.118. The van der Waals surface area contributed by atoms with Crippen LogP contribution in [-0.4, -0.2) is 13.1 Å². The second-order valence-electron chi connectivity index (χ2n) is 5.33. The van der Waals surface area contributed by atoms with Crippen molar-refractivity contribution < 1.29 is 0 Å². The summed E-state index contributed by atoms with van der Waals surface area (Å²) in [6.45, 7) is 7.35. The molecule has 2 aliphatic rings. The van der Waals surface area contributed by atoms with Crippen LogP contribution >= 0.6 is 0 Å². The highest BCUT2D eigenvalue weighted by molar-refractivity contribution is 4.85. The van der Waals surface area contributed by atoms with Crippen molar-refractivity contribution in [1.82, 2.24) is 5.32 Å². The molecule has 0 aromatic rings. The zero-order valence-corrected chi connectivity index (χ0v) is 9.05. The molecule has 13 heavy (non-hydrogen) atoms. The quantitative estimate of drug-likeness (QED) is 0.656. The van der Waals surface area contributed by atoms with Gasteiger partial charge in [-0.3, -0.25) is 0 Å². The highest BCUT2D eigenvalue weighted by Gasteiger charge is 2.32. The van der Waals surface area contributed by atoms with Gasteiger partial charge >= 0.3 is 0 Å². The second kappa shape index (κ2) is 4.00. The molecule has 0 aromatic heterocycles. The van der Waals surface area contributed by atoms with Gasteiger partial charge in [-0.15, -0.1) is 0 Å². The van der Waals surface area contributed by atoms with Gasteiger partial charge in [0.15, 0.2) is 0 Å². The van der Waals surface area contributed by atoms with Gasteiger partial charge < -0.3 is 5.32 Å². The second-order valence-corrected chi connectivity index (χ2v) is 5.33. The zero-order valence-electron chi connectivity index (χ0n) is 9.05. The Morgan fingerprint density at radius 3 is 2.69 bits per heavy atom. The minimum atomic E-state index is 0.905. The summed E-state index contributed by atoms with van der Waals surface area (Å²) < 4.78 is 0. The summed E-state index contributed by atoms with van der Waals surface area (Å²) in [5.41, 5.74) is 0. The van der Waals surface area contributed by atoms with E-state index >= 15 is 0 Å². The average molecular weight is 181 g/mol. The minimum Gasteiger partial charge on any atom is -0.316 e. The van der Waals surface area contributed by atoms with Crippen LogP contribution in [0.3, 0.4) is 0 Å². The molecule has 1 N–H and O–H groups in total. The standard InChI is InChI=1S/C12H23N/c1-9(2)11-4-3-10-5-6-13-8-12(10)7-11/h9-13H,3-8H2,1-2H3. The molecule has 1 nitrogen and oxygen atoms in total. The summed E-state index contributed by atoms with van der Waals surface area (Å²) in [7, 11) is 0. The number of hydrogen-bond donors (Lipinski definition) is 1. The molecular formula is C12H23N. The molecule has 76 valence electrons. The van der Waals surface area contributed by atoms with Crippen LogP contribution in [-0.2, 0) is 0 Å². The van der Waals surface area contributed by atoms with Crippen LogP contribution < -0.4 is 5.32 Å². The number of nitrogens with one attached hydrogen (secondary N) is 1. The van der Waals surface area contributed by atoms with Crippen LogP contribution in [0.15, 0.2) is 0 Å². The largest absolute Gasteiger partial charge is 0.316 e. The molecule has 1 heteroatoms. The summed E-state index contributed by atoms with van der Waals surface area (Å²) in [6.07, 6.45) is 5.94. The average Bonchev–Trinajstić information content (AvgIpc) is 2.17. The van der Waals surface area contributed by atoms with E-state index in [-0.39, 0.29) is 0 Å². The Morgan fingerprint density at radius 1 is 1.08 bits per heavy atom. The van der Waals surface area contributed by atoms with Crippen molar-refractivity contribution in [3.05, 3.63) is 0 Å². The van der Waals surface area contributed by atoms with E-state index in [1.54, 1.807) is 0 Å². The lowest BCUT2D eigenvalue weighted by atomic mass is 9.68. The van der Waals surface area contributed by atoms with Gasteiger partial charge in [-0.1, -0.05) is 13.8 Å². The third-order valence-electron chi connectivity index (χ3n) is 4.22. The molecule has 2 fully saturated rings. The Kier molecular flexibility index (Phi) is 2.92. The fourth-order valence-electron chi connectivity index (χ4n) is 3.17. The summed E-state index contributed by atoms with van der Waals surface area (Å²) in [5, 5.41) is 3.54. The first-order chi connectivity index (χ1) is 6.27. The van der Waals surface area contributed by atoms with Gasteiger partial charge in [0.2, 0.25) is 0 Å². The molecule has 2 rings (SSSR count). The molecule has 1 aliphatic heterocycles. The Bertz CT molecular complexity index is 165. The third-order valence-corrected chi connectivity index (χ3v) is 4.22. The molecule has 1 heterocycles. The first kappa shape index (κ1) is 9.51. The molecular weight excluding hydrogens is 158 g/mol. The number of fused-ring (bicyclic) bond motifs is 1. The zero-order chi connectivity index (χ0) is 9.26. The van der Waals surface area contributed by atoms with E-state index in [1.807, 2.05) is 0 Å². The minimum absolute atomic E-state index is 0.905. The van der Waals surface area contributed by atoms with Gasteiger partial charge in [-0.2, -0.15) is 0 Å². The van der Waals surface area contributed by atoms with Gasteiger partial charge in [0, 0.05) is 0 Å². The molecule has 3 unspecified atom stereocenters. The van der Waals surface area contributed by atoms with Crippen LogP contribution in [0, 0.1) is 23.7 Å². The summed E-state index contributed by atoms with van der Waals surface area (Å²) in [5.74, 6) is 4.00. The molecule has 0 spiro atoms. The highest BCUT2D eigenvalue weighted by atomic mass is 14.9. The maximum absolute atomic E-state index is 3.54. The number of rotatable bonds is 1. The molecule has 1 saturated heterocycles. The molecule has 3 atom stereocenters. The SMILES string of the molecule is CC(C)C1CCC2CCNCC2C1. The molecule has 0 radical (unpaired) electrons. The van der Waals surface area contributed by atoms with E-state index in [4.69, 9.17) is 0 Å². The fraction of sp³-hybridized carbons (Fsp3) is 1.00. The maximum atomic E-state index is 3.54. The monoisotopic (exact) mass is 181 g/mol. The Balaban J connectivity index is 1.91. The molecule has 1 aliphatic carbocycles. The Hall–Kier alpha value is -0.0400. The van der Waals surface area contributed by atoms with Crippen molar-refractivity contribution in [3.63, 3.8) is 0 Å². The van der Waals surface area contributed by atoms with E-state index in [1.165, 1.54) is 38.8 Å². The topological polar surface area (TPSA) is 12.0 Å². The summed E-state index contributed by atoms with van der Waals surface area (Å²) in [6, 6.07) is 0. The van der Waals surface area contributed by atoms with Gasteiger partial charge in [0.25, 0.3) is 0 Å². The van der Waals surface area contributed by atoms with Crippen molar-refractivity contribution in [2.45, 2.75) is 39.5 Å². The lowest BCUT2D eigenvalue weighted by Gasteiger charge is -2.41. The first-order valence-corrected chi connectivity index (χ1v) is 5.98. The third kappa shape index (κ3) is 2.07. The van der Waals surface area contributed by atoms with Gasteiger partial charge in [-0.05, 0) is 62.4 Å². The van der Waals surface area contributed by atoms with Crippen LogP contribution in [0.4, 0.5) is 0 Å². The van der Waals surface area contributed by atoms with Crippen LogP contribution in [0.25, 0.3) is 0 Å². The summed E-state index contributed by atoms with van der Waals surface area (Å²) >= 11 is 0. The Labute approximate surface area is 82.3 Å². The molecule has 0 bridgehead atoms. The van der Waals surface area contributed by atoms with Crippen molar-refractivity contribution >= 4 is 0 Å². The number of hydrogen-bond acceptors (Lipinski definition) is 1. The predicted octanol–water partition coefficient (Wildman–Crippen LogP) is 2.67. The predicted molar refractivity (Wildman–Crippen MR) is 56.6 cm³/mol. The Morgan fingerprint density at radius 2 is 1.92 bits per heavy atom. The fourth-order valence-corrected chi connectivity index (χ4v) is 3.17. The molecule has 1 saturated carbocycles. The molecule has 0 amide bonds. The maximum Gasteiger partial charge on any atom is -0.00178 e. The normalized spacial score (nSPS) is 40.4. The first-order valence-electron chi connectivity index (χ1n) is 5.98. The van der Waals surface area contributed by atoms with Crippen LogP contribution in [0.5, 0.6) is 0 Å². The highest BCUT2D eigenvalue weighted by Crippen LogP contribution is 2.39. The molecule has 0 aromatic carbocycles. The van der Waals surface area contributed by atoms with E-state index < -0.39 is 0 Å². The van der Waals surface area contributed by atoms with Crippen LogP contribution in [0.2, 0.25) is 0 Å². The summed E-state index contributed by atoms with van der Waals surface area (Å²) in [4.78, 5) is 0. The van der Waals surface area contributed by atoms with E-state index in [2.05, 4.69) is 19.2 Å². The van der Waals surface area contributed by atoms with Gasteiger partial charge in [-0.25, -0.2) is 0 Å².